The Morgan fingerprint density at radius 3 is 2.80 bits per heavy atom. The van der Waals surface area contributed by atoms with Gasteiger partial charge in [0.1, 0.15) is 35.3 Å². The van der Waals surface area contributed by atoms with E-state index in [1.54, 1.807) is 10.8 Å². The van der Waals surface area contributed by atoms with Gasteiger partial charge in [0.15, 0.2) is 6.23 Å². The largest absolute Gasteiger partial charge is 0.394 e. The molecular formula is C12H15N3O4S. The SMILES string of the molecule is CSc1ncnc2c1ccn2[C@H]1O[C@@H](CO)[C@@H](O)[C@H]1O. The highest BCUT2D eigenvalue weighted by molar-refractivity contribution is 7.98. The summed E-state index contributed by atoms with van der Waals surface area (Å²) in [7, 11) is 0. The van der Waals surface area contributed by atoms with Gasteiger partial charge in [-0.05, 0) is 12.3 Å². The van der Waals surface area contributed by atoms with Gasteiger partial charge in [0.2, 0.25) is 0 Å². The Hall–Kier alpha value is -1.19. The fourth-order valence-electron chi connectivity index (χ4n) is 2.43. The maximum Gasteiger partial charge on any atom is 0.164 e. The lowest BCUT2D eigenvalue weighted by atomic mass is 10.1. The first-order valence-electron chi connectivity index (χ1n) is 6.15. The van der Waals surface area contributed by atoms with Crippen LogP contribution in [0.1, 0.15) is 6.23 Å². The molecular weight excluding hydrogens is 282 g/mol. The molecule has 2 aromatic heterocycles. The molecule has 8 heteroatoms. The van der Waals surface area contributed by atoms with Gasteiger partial charge in [-0.25, -0.2) is 9.97 Å². The van der Waals surface area contributed by atoms with Crippen LogP contribution in [-0.2, 0) is 4.74 Å². The number of ether oxygens (including phenoxy) is 1. The summed E-state index contributed by atoms with van der Waals surface area (Å²) >= 11 is 1.50. The fourth-order valence-corrected chi connectivity index (χ4v) is 2.96. The zero-order valence-corrected chi connectivity index (χ0v) is 11.6. The highest BCUT2D eigenvalue weighted by Gasteiger charge is 2.43. The molecule has 3 heterocycles. The van der Waals surface area contributed by atoms with Gasteiger partial charge in [-0.2, -0.15) is 0 Å². The smallest absolute Gasteiger partial charge is 0.164 e. The molecule has 3 N–H and O–H groups in total. The number of aromatic nitrogens is 3. The number of fused-ring (bicyclic) bond motifs is 1. The number of nitrogens with zero attached hydrogens (tertiary/aromatic N) is 3. The summed E-state index contributed by atoms with van der Waals surface area (Å²) in [6.07, 6.45) is 1.30. The van der Waals surface area contributed by atoms with E-state index < -0.39 is 24.5 Å². The van der Waals surface area contributed by atoms with E-state index in [1.165, 1.54) is 18.1 Å². The Bertz CT molecular complexity index is 620. The van der Waals surface area contributed by atoms with E-state index in [1.807, 2.05) is 12.3 Å². The Morgan fingerprint density at radius 2 is 2.15 bits per heavy atom. The molecule has 0 aliphatic carbocycles. The summed E-state index contributed by atoms with van der Waals surface area (Å²) in [5, 5.41) is 30.7. The summed E-state index contributed by atoms with van der Waals surface area (Å²) in [6, 6.07) is 1.84. The van der Waals surface area contributed by atoms with Crippen LogP contribution in [0.4, 0.5) is 0 Å². The van der Waals surface area contributed by atoms with Crippen LogP contribution >= 0.6 is 11.8 Å². The molecule has 0 bridgehead atoms. The molecule has 0 radical (unpaired) electrons. The third-order valence-electron chi connectivity index (χ3n) is 3.46. The summed E-state index contributed by atoms with van der Waals surface area (Å²) in [4.78, 5) is 8.38. The molecule has 1 fully saturated rings. The number of hydrogen-bond acceptors (Lipinski definition) is 7. The predicted octanol–water partition coefficient (Wildman–Crippen LogP) is -0.235. The van der Waals surface area contributed by atoms with Gasteiger partial charge in [-0.3, -0.25) is 0 Å². The Morgan fingerprint density at radius 1 is 1.35 bits per heavy atom. The molecule has 0 amide bonds. The van der Waals surface area contributed by atoms with Crippen LogP contribution in [0.25, 0.3) is 11.0 Å². The first-order valence-corrected chi connectivity index (χ1v) is 7.38. The highest BCUT2D eigenvalue weighted by Crippen LogP contribution is 2.33. The average molecular weight is 297 g/mol. The number of rotatable bonds is 3. The van der Waals surface area contributed by atoms with Crippen LogP contribution in [0.2, 0.25) is 0 Å². The monoisotopic (exact) mass is 297 g/mol. The zero-order valence-electron chi connectivity index (χ0n) is 10.7. The molecule has 0 unspecified atom stereocenters. The third kappa shape index (κ3) is 2.00. The molecule has 4 atom stereocenters. The van der Waals surface area contributed by atoms with E-state index in [9.17, 15) is 10.2 Å². The van der Waals surface area contributed by atoms with E-state index >= 15 is 0 Å². The quantitative estimate of drug-likeness (QED) is 0.531. The van der Waals surface area contributed by atoms with E-state index in [4.69, 9.17) is 9.84 Å². The van der Waals surface area contributed by atoms with E-state index in [2.05, 4.69) is 9.97 Å². The normalized spacial score (nSPS) is 30.2. The van der Waals surface area contributed by atoms with Crippen LogP contribution < -0.4 is 0 Å². The van der Waals surface area contributed by atoms with E-state index in [0.717, 1.165) is 10.4 Å². The van der Waals surface area contributed by atoms with Crippen molar-refractivity contribution >= 4 is 22.8 Å². The Kier molecular flexibility index (Phi) is 3.65. The van der Waals surface area contributed by atoms with Gasteiger partial charge in [0.05, 0.1) is 12.0 Å². The number of aliphatic hydroxyl groups excluding tert-OH is 3. The van der Waals surface area contributed by atoms with Crippen LogP contribution in [0.15, 0.2) is 23.6 Å². The van der Waals surface area contributed by atoms with Gasteiger partial charge < -0.3 is 24.6 Å². The number of aliphatic hydroxyl groups is 3. The lowest BCUT2D eigenvalue weighted by molar-refractivity contribution is -0.0508. The maximum atomic E-state index is 10.1. The van der Waals surface area contributed by atoms with Crippen molar-refractivity contribution in [2.24, 2.45) is 0 Å². The first kappa shape index (κ1) is 13.8. The summed E-state index contributed by atoms with van der Waals surface area (Å²) < 4.78 is 7.16. The lowest BCUT2D eigenvalue weighted by Gasteiger charge is -2.17. The van der Waals surface area contributed by atoms with Gasteiger partial charge in [-0.1, -0.05) is 0 Å². The van der Waals surface area contributed by atoms with Crippen LogP contribution in [0.3, 0.4) is 0 Å². The van der Waals surface area contributed by atoms with Crippen LogP contribution in [0.5, 0.6) is 0 Å². The van der Waals surface area contributed by atoms with Crippen LogP contribution in [-0.4, -0.2) is 61.0 Å². The average Bonchev–Trinajstić information content (AvgIpc) is 3.01. The predicted molar refractivity (Wildman–Crippen MR) is 72.3 cm³/mol. The van der Waals surface area contributed by atoms with Crippen molar-refractivity contribution in [1.82, 2.24) is 14.5 Å². The minimum Gasteiger partial charge on any atom is -0.394 e. The highest BCUT2D eigenvalue weighted by atomic mass is 32.2. The second-order valence-corrected chi connectivity index (χ2v) is 5.37. The molecule has 3 rings (SSSR count). The minimum absolute atomic E-state index is 0.348. The summed E-state index contributed by atoms with van der Waals surface area (Å²) in [6.45, 7) is -0.348. The molecule has 1 aliphatic heterocycles. The molecule has 7 nitrogen and oxygen atoms in total. The van der Waals surface area contributed by atoms with Gasteiger partial charge >= 0.3 is 0 Å². The molecule has 2 aromatic rings. The van der Waals surface area contributed by atoms with Crippen LogP contribution in [0, 0.1) is 0 Å². The molecule has 108 valence electrons. The van der Waals surface area contributed by atoms with Crippen molar-refractivity contribution in [2.75, 3.05) is 12.9 Å². The van der Waals surface area contributed by atoms with Gasteiger partial charge in [0, 0.05) is 6.20 Å². The molecule has 0 aromatic carbocycles. The third-order valence-corrected chi connectivity index (χ3v) is 4.17. The Balaban J connectivity index is 2.03. The lowest BCUT2D eigenvalue weighted by Crippen LogP contribution is -2.33. The van der Waals surface area contributed by atoms with Crippen molar-refractivity contribution in [2.45, 2.75) is 29.6 Å². The molecule has 1 saturated heterocycles. The summed E-state index contributed by atoms with van der Waals surface area (Å²) in [5.41, 5.74) is 0.624. The number of thioether (sulfide) groups is 1. The van der Waals surface area contributed by atoms with Gasteiger partial charge in [0.25, 0.3) is 0 Å². The van der Waals surface area contributed by atoms with Gasteiger partial charge in [-0.15, -0.1) is 11.8 Å². The Labute approximate surface area is 119 Å². The second-order valence-electron chi connectivity index (χ2n) is 4.57. The standard InChI is InChI=1S/C12H15N3O4S/c1-20-11-6-2-3-15(10(6)13-5-14-11)12-9(18)8(17)7(4-16)19-12/h2-3,5,7-9,12,16-18H,4H2,1H3/t7-,8+,9+,12-/m0/s1. The van der Waals surface area contributed by atoms with Crippen molar-refractivity contribution < 1.29 is 20.1 Å². The minimum atomic E-state index is -1.12. The molecule has 1 aliphatic rings. The van der Waals surface area contributed by atoms with E-state index in [-0.39, 0.29) is 6.61 Å². The molecule has 0 spiro atoms. The van der Waals surface area contributed by atoms with Crippen molar-refractivity contribution in [3.8, 4) is 0 Å². The summed E-state index contributed by atoms with van der Waals surface area (Å²) in [5.74, 6) is 0. The van der Waals surface area contributed by atoms with Crippen molar-refractivity contribution in [1.29, 1.82) is 0 Å². The topological polar surface area (TPSA) is 101 Å². The van der Waals surface area contributed by atoms with E-state index in [0.29, 0.717) is 5.65 Å². The first-order chi connectivity index (χ1) is 9.67. The van der Waals surface area contributed by atoms with Crippen molar-refractivity contribution in [3.63, 3.8) is 0 Å². The molecule has 0 saturated carbocycles. The fraction of sp³-hybridized carbons (Fsp3) is 0.500. The second kappa shape index (κ2) is 5.30. The van der Waals surface area contributed by atoms with Crippen molar-refractivity contribution in [3.05, 3.63) is 18.6 Å². The maximum absolute atomic E-state index is 10.1. The molecule has 20 heavy (non-hydrogen) atoms. The number of hydrogen-bond donors (Lipinski definition) is 3. The zero-order chi connectivity index (χ0) is 14.3.